The summed E-state index contributed by atoms with van der Waals surface area (Å²) in [5.41, 5.74) is 5.54. The van der Waals surface area contributed by atoms with Gasteiger partial charge in [0.1, 0.15) is 11.6 Å². The molecule has 1 amide bonds. The molecule has 4 aromatic rings. The number of aryl methyl sites for hydroxylation is 3. The summed E-state index contributed by atoms with van der Waals surface area (Å²) in [6.45, 7) is 8.75. The normalized spacial score (nSPS) is 14.0. The van der Waals surface area contributed by atoms with E-state index in [1.54, 1.807) is 0 Å². The molecule has 2 aromatic heterocycles. The average Bonchev–Trinajstić information content (AvgIpc) is 2.83. The van der Waals surface area contributed by atoms with Crippen molar-refractivity contribution in [3.05, 3.63) is 83.3 Å². The van der Waals surface area contributed by atoms with Gasteiger partial charge in [0.2, 0.25) is 0 Å². The Hall–Kier alpha value is -3.80. The van der Waals surface area contributed by atoms with E-state index in [0.29, 0.717) is 18.7 Å². The minimum atomic E-state index is 0.0525. The number of piperazine rings is 1. The first kappa shape index (κ1) is 21.1. The van der Waals surface area contributed by atoms with Gasteiger partial charge in [-0.2, -0.15) is 0 Å². The van der Waals surface area contributed by atoms with Gasteiger partial charge in [-0.15, -0.1) is 0 Å². The Kier molecular flexibility index (Phi) is 5.50. The van der Waals surface area contributed by atoms with Crippen LogP contribution >= 0.6 is 0 Å². The van der Waals surface area contributed by atoms with E-state index in [1.165, 1.54) is 5.56 Å². The number of anilines is 1. The minimum absolute atomic E-state index is 0.0525. The molecule has 3 heterocycles. The molecule has 0 spiro atoms. The lowest BCUT2D eigenvalue weighted by molar-refractivity contribution is 0.0748. The number of carbonyl (C=O) groups is 1. The Morgan fingerprint density at radius 2 is 1.55 bits per heavy atom. The summed E-state index contributed by atoms with van der Waals surface area (Å²) in [6, 6.07) is 20.1. The molecule has 0 unspecified atom stereocenters. The van der Waals surface area contributed by atoms with Crippen LogP contribution in [0.4, 0.5) is 5.82 Å². The predicted octanol–water partition coefficient (Wildman–Crippen LogP) is 4.58. The van der Waals surface area contributed by atoms with E-state index < -0.39 is 0 Å². The zero-order valence-electron chi connectivity index (χ0n) is 19.2. The van der Waals surface area contributed by atoms with Gasteiger partial charge in [-0.25, -0.2) is 15.0 Å². The monoisotopic (exact) mass is 437 g/mol. The zero-order valence-corrected chi connectivity index (χ0v) is 19.2. The predicted molar refractivity (Wildman–Crippen MR) is 132 cm³/mol. The number of fused-ring (bicyclic) bond motifs is 1. The molecule has 33 heavy (non-hydrogen) atoms. The summed E-state index contributed by atoms with van der Waals surface area (Å²) >= 11 is 0. The second-order valence-corrected chi connectivity index (χ2v) is 8.63. The van der Waals surface area contributed by atoms with Crippen LogP contribution in [0.25, 0.3) is 22.2 Å². The summed E-state index contributed by atoms with van der Waals surface area (Å²) in [4.78, 5) is 31.6. The van der Waals surface area contributed by atoms with Crippen molar-refractivity contribution in [1.29, 1.82) is 0 Å². The van der Waals surface area contributed by atoms with Crippen molar-refractivity contribution >= 4 is 22.6 Å². The summed E-state index contributed by atoms with van der Waals surface area (Å²) in [5, 5.41) is 0.892. The van der Waals surface area contributed by atoms with Crippen LogP contribution in [0.5, 0.6) is 0 Å². The number of benzene rings is 2. The number of para-hydroxylation sites is 1. The molecule has 0 radical (unpaired) electrons. The fourth-order valence-electron chi connectivity index (χ4n) is 4.39. The highest BCUT2D eigenvalue weighted by molar-refractivity contribution is 6.07. The maximum Gasteiger partial charge on any atom is 0.254 e. The molecule has 5 rings (SSSR count). The average molecular weight is 438 g/mol. The Balaban J connectivity index is 1.43. The van der Waals surface area contributed by atoms with Gasteiger partial charge in [0.05, 0.1) is 16.8 Å². The zero-order chi connectivity index (χ0) is 22.9. The first-order chi connectivity index (χ1) is 16.0. The lowest BCUT2D eigenvalue weighted by Crippen LogP contribution is -2.49. The second kappa shape index (κ2) is 8.62. The lowest BCUT2D eigenvalue weighted by Gasteiger charge is -2.35. The highest BCUT2D eigenvalue weighted by atomic mass is 16.2. The van der Waals surface area contributed by atoms with Crippen molar-refractivity contribution in [2.75, 3.05) is 31.1 Å². The molecule has 1 fully saturated rings. The van der Waals surface area contributed by atoms with Gasteiger partial charge in [-0.05, 0) is 32.9 Å². The van der Waals surface area contributed by atoms with Crippen molar-refractivity contribution in [2.45, 2.75) is 20.8 Å². The van der Waals surface area contributed by atoms with Crippen molar-refractivity contribution in [1.82, 2.24) is 19.9 Å². The molecule has 6 heteroatoms. The van der Waals surface area contributed by atoms with Crippen LogP contribution in [0.15, 0.2) is 60.7 Å². The Morgan fingerprint density at radius 1 is 0.818 bits per heavy atom. The number of amides is 1. The minimum Gasteiger partial charge on any atom is -0.353 e. The molecule has 1 aliphatic rings. The van der Waals surface area contributed by atoms with Gasteiger partial charge >= 0.3 is 0 Å². The van der Waals surface area contributed by atoms with Crippen LogP contribution in [0.1, 0.15) is 27.4 Å². The molecular formula is C27H27N5O. The number of hydrogen-bond donors (Lipinski definition) is 0. The van der Waals surface area contributed by atoms with Gasteiger partial charge in [0.25, 0.3) is 5.91 Å². The number of hydrogen-bond acceptors (Lipinski definition) is 5. The van der Waals surface area contributed by atoms with E-state index >= 15 is 0 Å². The molecule has 166 valence electrons. The number of rotatable bonds is 3. The first-order valence-corrected chi connectivity index (χ1v) is 11.3. The standard InChI is InChI=1S/C27H27N5O/c1-18-8-10-21(11-9-18)25-17-23(22-6-4-5-7-24(22)30-25)27(33)32-14-12-31(13-15-32)26-16-19(2)28-20(3)29-26/h4-11,16-17H,12-15H2,1-3H3. The largest absolute Gasteiger partial charge is 0.353 e. The molecular weight excluding hydrogens is 410 g/mol. The van der Waals surface area contributed by atoms with E-state index in [9.17, 15) is 4.79 Å². The highest BCUT2D eigenvalue weighted by Crippen LogP contribution is 2.27. The number of aromatic nitrogens is 3. The Labute approximate surface area is 193 Å². The topological polar surface area (TPSA) is 62.2 Å². The highest BCUT2D eigenvalue weighted by Gasteiger charge is 2.25. The maximum absolute atomic E-state index is 13.7. The van der Waals surface area contributed by atoms with Crippen molar-refractivity contribution in [3.8, 4) is 11.3 Å². The third kappa shape index (κ3) is 4.29. The number of pyridine rings is 1. The van der Waals surface area contributed by atoms with Crippen molar-refractivity contribution in [2.24, 2.45) is 0 Å². The maximum atomic E-state index is 13.7. The SMILES string of the molecule is Cc1ccc(-c2cc(C(=O)N3CCN(c4cc(C)nc(C)n4)CC3)c3ccccc3n2)cc1. The van der Waals surface area contributed by atoms with Gasteiger partial charge < -0.3 is 9.80 Å². The second-order valence-electron chi connectivity index (χ2n) is 8.63. The Bertz CT molecular complexity index is 1300. The van der Waals surface area contributed by atoms with Crippen molar-refractivity contribution in [3.63, 3.8) is 0 Å². The smallest absolute Gasteiger partial charge is 0.254 e. The van der Waals surface area contributed by atoms with Gasteiger partial charge in [-0.3, -0.25) is 4.79 Å². The molecule has 2 aromatic carbocycles. The third-order valence-corrected chi connectivity index (χ3v) is 6.14. The molecule has 1 aliphatic heterocycles. The van der Waals surface area contributed by atoms with E-state index in [1.807, 2.05) is 55.1 Å². The quantitative estimate of drug-likeness (QED) is 0.470. The van der Waals surface area contributed by atoms with E-state index in [4.69, 9.17) is 4.98 Å². The molecule has 0 bridgehead atoms. The Morgan fingerprint density at radius 3 is 2.27 bits per heavy atom. The van der Waals surface area contributed by atoms with Crippen LogP contribution in [-0.2, 0) is 0 Å². The number of nitrogens with zero attached hydrogens (tertiary/aromatic N) is 5. The molecule has 6 nitrogen and oxygen atoms in total. The molecule has 0 N–H and O–H groups in total. The van der Waals surface area contributed by atoms with Gasteiger partial charge in [-0.1, -0.05) is 48.0 Å². The van der Waals surface area contributed by atoms with Crippen LogP contribution in [0, 0.1) is 20.8 Å². The van der Waals surface area contributed by atoms with E-state index in [0.717, 1.165) is 52.6 Å². The molecule has 0 atom stereocenters. The summed E-state index contributed by atoms with van der Waals surface area (Å²) in [6.07, 6.45) is 0. The summed E-state index contributed by atoms with van der Waals surface area (Å²) < 4.78 is 0. The van der Waals surface area contributed by atoms with Crippen molar-refractivity contribution < 1.29 is 4.79 Å². The molecule has 0 aliphatic carbocycles. The van der Waals surface area contributed by atoms with Crippen LogP contribution in [-0.4, -0.2) is 51.9 Å². The van der Waals surface area contributed by atoms with Crippen LogP contribution in [0.3, 0.4) is 0 Å². The van der Waals surface area contributed by atoms with Crippen LogP contribution in [0.2, 0.25) is 0 Å². The summed E-state index contributed by atoms with van der Waals surface area (Å²) in [5.74, 6) is 1.76. The summed E-state index contributed by atoms with van der Waals surface area (Å²) in [7, 11) is 0. The molecule has 1 saturated heterocycles. The third-order valence-electron chi connectivity index (χ3n) is 6.14. The fraction of sp³-hybridized carbons (Fsp3) is 0.259. The fourth-order valence-corrected chi connectivity index (χ4v) is 4.39. The number of carbonyl (C=O) groups excluding carboxylic acids is 1. The van der Waals surface area contributed by atoms with Gasteiger partial charge in [0.15, 0.2) is 0 Å². The van der Waals surface area contributed by atoms with E-state index in [2.05, 4.69) is 46.1 Å². The molecule has 0 saturated carbocycles. The van der Waals surface area contributed by atoms with E-state index in [-0.39, 0.29) is 5.91 Å². The van der Waals surface area contributed by atoms with Crippen LogP contribution < -0.4 is 4.90 Å². The lowest BCUT2D eigenvalue weighted by atomic mass is 10.0. The first-order valence-electron chi connectivity index (χ1n) is 11.3. The van der Waals surface area contributed by atoms with Gasteiger partial charge in [0, 0.05) is 48.9 Å².